The topological polar surface area (TPSA) is 64.4 Å². The van der Waals surface area contributed by atoms with Gasteiger partial charge >= 0.3 is 6.61 Å². The molecule has 2 rings (SSSR count). The van der Waals surface area contributed by atoms with Crippen LogP contribution in [0.25, 0.3) is 0 Å². The van der Waals surface area contributed by atoms with Crippen LogP contribution in [-0.4, -0.2) is 18.1 Å². The van der Waals surface area contributed by atoms with Crippen molar-refractivity contribution in [2.45, 2.75) is 37.8 Å². The number of benzene rings is 1. The number of rotatable bonds is 4. The molecule has 110 valence electrons. The van der Waals surface area contributed by atoms with E-state index in [0.717, 1.165) is 12.8 Å². The Bertz CT molecular complexity index is 505. The number of alkyl halides is 2. The lowest BCUT2D eigenvalue weighted by Gasteiger charge is -2.22. The van der Waals surface area contributed by atoms with E-state index in [4.69, 9.17) is 17.3 Å². The largest absolute Gasteiger partial charge is 0.433 e. The molecule has 1 aromatic carbocycles. The molecule has 0 atom stereocenters. The van der Waals surface area contributed by atoms with Gasteiger partial charge in [0.2, 0.25) is 5.91 Å². The third kappa shape index (κ3) is 3.37. The second kappa shape index (κ2) is 5.93. The van der Waals surface area contributed by atoms with Crippen LogP contribution in [0.15, 0.2) is 18.2 Å². The van der Waals surface area contributed by atoms with Crippen LogP contribution >= 0.6 is 11.6 Å². The molecule has 0 aliphatic heterocycles. The van der Waals surface area contributed by atoms with Crippen LogP contribution < -0.4 is 15.8 Å². The minimum absolute atomic E-state index is 0.000549. The van der Waals surface area contributed by atoms with Gasteiger partial charge in [0.05, 0.1) is 10.6 Å². The monoisotopic (exact) mass is 304 g/mol. The van der Waals surface area contributed by atoms with E-state index >= 15 is 0 Å². The van der Waals surface area contributed by atoms with Crippen molar-refractivity contribution in [1.29, 1.82) is 0 Å². The highest BCUT2D eigenvalue weighted by molar-refractivity contribution is 6.32. The zero-order valence-corrected chi connectivity index (χ0v) is 11.4. The summed E-state index contributed by atoms with van der Waals surface area (Å²) in [6, 6.07) is 4.08. The summed E-state index contributed by atoms with van der Waals surface area (Å²) in [7, 11) is 0. The Morgan fingerprint density at radius 1 is 1.40 bits per heavy atom. The molecule has 1 saturated carbocycles. The number of nitrogens with one attached hydrogen (secondary N) is 1. The van der Waals surface area contributed by atoms with E-state index in [1.165, 1.54) is 18.2 Å². The van der Waals surface area contributed by atoms with E-state index in [2.05, 4.69) is 10.1 Å². The van der Waals surface area contributed by atoms with E-state index in [9.17, 15) is 13.6 Å². The molecule has 4 nitrogen and oxygen atoms in total. The van der Waals surface area contributed by atoms with Gasteiger partial charge in [0.1, 0.15) is 5.75 Å². The quantitative estimate of drug-likeness (QED) is 0.898. The van der Waals surface area contributed by atoms with Crippen molar-refractivity contribution in [3.63, 3.8) is 0 Å². The molecular formula is C13H15ClF2N2O2. The third-order valence-corrected chi connectivity index (χ3v) is 3.65. The van der Waals surface area contributed by atoms with Crippen molar-refractivity contribution in [3.8, 4) is 5.75 Å². The Balaban J connectivity index is 2.06. The number of amides is 1. The predicted octanol–water partition coefficient (Wildman–Crippen LogP) is 3.15. The second-order valence-corrected chi connectivity index (χ2v) is 5.25. The summed E-state index contributed by atoms with van der Waals surface area (Å²) in [6.45, 7) is -2.95. The van der Waals surface area contributed by atoms with Gasteiger partial charge in [0.15, 0.2) is 0 Å². The first-order valence-electron chi connectivity index (χ1n) is 6.25. The highest BCUT2D eigenvalue weighted by Crippen LogP contribution is 2.31. The van der Waals surface area contributed by atoms with E-state index in [1.54, 1.807) is 0 Å². The van der Waals surface area contributed by atoms with Gasteiger partial charge in [-0.2, -0.15) is 8.78 Å². The van der Waals surface area contributed by atoms with Crippen LogP contribution in [0.1, 0.15) is 25.7 Å². The van der Waals surface area contributed by atoms with Crippen LogP contribution in [0.2, 0.25) is 5.02 Å². The number of ether oxygens (including phenoxy) is 1. The number of anilines is 1. The average Bonchev–Trinajstić information content (AvgIpc) is 2.81. The van der Waals surface area contributed by atoms with Gasteiger partial charge in [-0.25, -0.2) is 0 Å². The number of carbonyl (C=O) groups excluding carboxylic acids is 1. The van der Waals surface area contributed by atoms with Gasteiger partial charge in [-0.05, 0) is 31.0 Å². The number of hydrogen-bond donors (Lipinski definition) is 2. The maximum atomic E-state index is 12.1. The molecule has 1 aliphatic carbocycles. The fourth-order valence-electron chi connectivity index (χ4n) is 2.26. The first-order chi connectivity index (χ1) is 9.40. The first-order valence-corrected chi connectivity index (χ1v) is 6.63. The summed E-state index contributed by atoms with van der Waals surface area (Å²) in [5.41, 5.74) is 5.56. The smallest absolute Gasteiger partial charge is 0.387 e. The second-order valence-electron chi connectivity index (χ2n) is 4.84. The molecule has 3 N–H and O–H groups in total. The normalized spacial score (nSPS) is 17.2. The van der Waals surface area contributed by atoms with E-state index in [1.807, 2.05) is 0 Å². The summed E-state index contributed by atoms with van der Waals surface area (Å²) in [6.07, 6.45) is 3.12. The third-order valence-electron chi connectivity index (χ3n) is 3.35. The maximum Gasteiger partial charge on any atom is 0.387 e. The molecule has 7 heteroatoms. The molecule has 0 radical (unpaired) electrons. The summed E-state index contributed by atoms with van der Waals surface area (Å²) < 4.78 is 28.4. The Labute approximate surface area is 120 Å². The summed E-state index contributed by atoms with van der Waals surface area (Å²) >= 11 is 5.81. The molecule has 0 bridgehead atoms. The van der Waals surface area contributed by atoms with E-state index in [-0.39, 0.29) is 16.7 Å². The number of nitrogens with two attached hydrogens (primary N) is 1. The summed E-state index contributed by atoms with van der Waals surface area (Å²) in [5.74, 6) is -0.420. The standard InChI is InChI=1S/C13H15ClF2N2O2/c14-9-7-8(3-4-10(9)20-12(15)16)18-11(19)13(17)5-1-2-6-13/h3-4,7,12H,1-2,5-6,17H2,(H,18,19). The Hall–Kier alpha value is -1.40. The van der Waals surface area contributed by atoms with Crippen molar-refractivity contribution in [1.82, 2.24) is 0 Å². The zero-order valence-electron chi connectivity index (χ0n) is 10.7. The molecular weight excluding hydrogens is 290 g/mol. The van der Waals surface area contributed by atoms with Crippen molar-refractivity contribution in [3.05, 3.63) is 23.2 Å². The number of halogens is 3. The summed E-state index contributed by atoms with van der Waals surface area (Å²) in [4.78, 5) is 12.1. The highest BCUT2D eigenvalue weighted by atomic mass is 35.5. The van der Waals surface area contributed by atoms with Crippen LogP contribution in [0.5, 0.6) is 5.75 Å². The van der Waals surface area contributed by atoms with E-state index < -0.39 is 12.2 Å². The van der Waals surface area contributed by atoms with Crippen LogP contribution in [0.4, 0.5) is 14.5 Å². The van der Waals surface area contributed by atoms with Crippen molar-refractivity contribution in [2.75, 3.05) is 5.32 Å². The molecule has 1 amide bonds. The van der Waals surface area contributed by atoms with Crippen molar-refractivity contribution < 1.29 is 18.3 Å². The molecule has 0 heterocycles. The van der Waals surface area contributed by atoms with Crippen LogP contribution in [-0.2, 0) is 4.79 Å². The molecule has 20 heavy (non-hydrogen) atoms. The molecule has 1 aromatic rings. The van der Waals surface area contributed by atoms with Gasteiger partial charge in [0, 0.05) is 5.69 Å². The van der Waals surface area contributed by atoms with Gasteiger partial charge in [-0.15, -0.1) is 0 Å². The highest BCUT2D eigenvalue weighted by Gasteiger charge is 2.37. The van der Waals surface area contributed by atoms with Crippen molar-refractivity contribution >= 4 is 23.2 Å². The molecule has 1 fully saturated rings. The fourth-order valence-corrected chi connectivity index (χ4v) is 2.48. The summed E-state index contributed by atoms with van der Waals surface area (Å²) in [5, 5.41) is 2.65. The van der Waals surface area contributed by atoms with Gasteiger partial charge in [-0.1, -0.05) is 24.4 Å². The molecule has 0 saturated heterocycles. The Morgan fingerprint density at radius 2 is 2.05 bits per heavy atom. The number of carbonyl (C=O) groups is 1. The van der Waals surface area contributed by atoms with Gasteiger partial charge in [-0.3, -0.25) is 4.79 Å². The lowest BCUT2D eigenvalue weighted by Crippen LogP contribution is -2.48. The SMILES string of the molecule is NC1(C(=O)Nc2ccc(OC(F)F)c(Cl)c2)CCCC1. The minimum Gasteiger partial charge on any atom is -0.433 e. The van der Waals surface area contributed by atoms with Crippen LogP contribution in [0.3, 0.4) is 0 Å². The maximum absolute atomic E-state index is 12.1. The molecule has 0 unspecified atom stereocenters. The van der Waals surface area contributed by atoms with Crippen LogP contribution in [0, 0.1) is 0 Å². The molecule has 0 spiro atoms. The Kier molecular flexibility index (Phi) is 4.45. The minimum atomic E-state index is -2.95. The fraction of sp³-hybridized carbons (Fsp3) is 0.462. The average molecular weight is 305 g/mol. The lowest BCUT2D eigenvalue weighted by atomic mass is 9.98. The van der Waals surface area contributed by atoms with Crippen molar-refractivity contribution in [2.24, 2.45) is 5.73 Å². The predicted molar refractivity (Wildman–Crippen MR) is 72.1 cm³/mol. The van der Waals surface area contributed by atoms with E-state index in [0.29, 0.717) is 18.5 Å². The molecule has 0 aromatic heterocycles. The van der Waals surface area contributed by atoms with Gasteiger partial charge in [0.25, 0.3) is 0 Å². The zero-order chi connectivity index (χ0) is 14.8. The molecule has 1 aliphatic rings. The lowest BCUT2D eigenvalue weighted by molar-refractivity contribution is -0.121. The Morgan fingerprint density at radius 3 is 2.60 bits per heavy atom. The first kappa shape index (κ1) is 15.0. The van der Waals surface area contributed by atoms with Gasteiger partial charge < -0.3 is 15.8 Å². The number of hydrogen-bond acceptors (Lipinski definition) is 3.